The molecule has 2 N–H and O–H groups in total. The fourth-order valence-corrected chi connectivity index (χ4v) is 2.58. The quantitative estimate of drug-likeness (QED) is 0.810. The topological polar surface area (TPSA) is 46.3 Å². The van der Waals surface area contributed by atoms with Crippen LogP contribution < -0.4 is 10.6 Å². The van der Waals surface area contributed by atoms with E-state index < -0.39 is 0 Å². The Morgan fingerprint density at radius 2 is 2.10 bits per heavy atom. The molecule has 0 unspecified atom stereocenters. The molecule has 0 fully saturated rings. The Kier molecular flexibility index (Phi) is 2.93. The number of halogens is 1. The smallest absolute Gasteiger partial charge is 0.260 e. The number of nitrogens with zero attached hydrogens (tertiary/aromatic N) is 1. The molecule has 0 bridgehead atoms. The van der Waals surface area contributed by atoms with Gasteiger partial charge in [-0.15, -0.1) is 0 Å². The molecule has 3 nitrogen and oxygen atoms in total. The number of carbonyl (C=O) groups is 1. The van der Waals surface area contributed by atoms with Crippen molar-refractivity contribution >= 4 is 17.3 Å². The molecule has 1 amide bonds. The highest BCUT2D eigenvalue weighted by Gasteiger charge is 2.27. The van der Waals surface area contributed by atoms with E-state index in [1.165, 1.54) is 12.1 Å². The molecule has 102 valence electrons. The van der Waals surface area contributed by atoms with Crippen molar-refractivity contribution in [2.75, 3.05) is 17.2 Å². The molecule has 0 aliphatic carbocycles. The third-order valence-electron chi connectivity index (χ3n) is 3.74. The van der Waals surface area contributed by atoms with Gasteiger partial charge in [0.25, 0.3) is 5.91 Å². The lowest BCUT2D eigenvalue weighted by Gasteiger charge is -2.19. The number of amides is 1. The molecule has 20 heavy (non-hydrogen) atoms. The summed E-state index contributed by atoms with van der Waals surface area (Å²) in [5.74, 6) is -0.504. The average molecular weight is 270 g/mol. The van der Waals surface area contributed by atoms with Crippen LogP contribution in [0.4, 0.5) is 15.8 Å². The molecular weight excluding hydrogens is 255 g/mol. The minimum atomic E-state index is -0.333. The summed E-state index contributed by atoms with van der Waals surface area (Å²) < 4.78 is 13.4. The van der Waals surface area contributed by atoms with E-state index in [9.17, 15) is 9.18 Å². The first-order valence-electron chi connectivity index (χ1n) is 6.53. The Morgan fingerprint density at radius 3 is 2.90 bits per heavy atom. The van der Waals surface area contributed by atoms with E-state index in [2.05, 4.69) is 0 Å². The van der Waals surface area contributed by atoms with Crippen molar-refractivity contribution in [2.24, 2.45) is 0 Å². The van der Waals surface area contributed by atoms with Crippen molar-refractivity contribution in [2.45, 2.75) is 13.3 Å². The van der Waals surface area contributed by atoms with Gasteiger partial charge in [0, 0.05) is 12.2 Å². The van der Waals surface area contributed by atoms with Crippen LogP contribution in [0.15, 0.2) is 36.4 Å². The Morgan fingerprint density at radius 1 is 1.30 bits per heavy atom. The maximum Gasteiger partial charge on any atom is 0.260 e. The van der Waals surface area contributed by atoms with E-state index in [1.807, 2.05) is 19.1 Å². The van der Waals surface area contributed by atoms with Gasteiger partial charge in [0.2, 0.25) is 0 Å². The fourth-order valence-electron chi connectivity index (χ4n) is 2.58. The lowest BCUT2D eigenvalue weighted by atomic mass is 10.1. The summed E-state index contributed by atoms with van der Waals surface area (Å²) in [5, 5.41) is 0. The number of hydrogen-bond donors (Lipinski definition) is 1. The summed E-state index contributed by atoms with van der Waals surface area (Å²) in [5.41, 5.74) is 9.45. The number of hydrogen-bond acceptors (Lipinski definition) is 2. The van der Waals surface area contributed by atoms with E-state index >= 15 is 0 Å². The van der Waals surface area contributed by atoms with Crippen LogP contribution in [0.2, 0.25) is 0 Å². The molecule has 0 aromatic heterocycles. The minimum absolute atomic E-state index is 0.171. The number of rotatable bonds is 1. The Balaban J connectivity index is 2.02. The van der Waals surface area contributed by atoms with Crippen LogP contribution in [0, 0.1) is 12.7 Å². The van der Waals surface area contributed by atoms with Gasteiger partial charge >= 0.3 is 0 Å². The monoisotopic (exact) mass is 270 g/mol. The summed E-state index contributed by atoms with van der Waals surface area (Å²) >= 11 is 0. The van der Waals surface area contributed by atoms with Crippen LogP contribution in [-0.4, -0.2) is 12.5 Å². The number of aryl methyl sites for hydroxylation is 1. The summed E-state index contributed by atoms with van der Waals surface area (Å²) in [4.78, 5) is 14.2. The minimum Gasteiger partial charge on any atom is -0.398 e. The van der Waals surface area contributed by atoms with Gasteiger partial charge in [0.15, 0.2) is 0 Å². The van der Waals surface area contributed by atoms with Gasteiger partial charge in [-0.3, -0.25) is 4.79 Å². The fraction of sp³-hybridized carbons (Fsp3) is 0.188. The molecule has 0 atom stereocenters. The third-order valence-corrected chi connectivity index (χ3v) is 3.74. The first-order chi connectivity index (χ1) is 9.58. The molecule has 0 saturated heterocycles. The number of benzene rings is 2. The van der Waals surface area contributed by atoms with Gasteiger partial charge in [0.1, 0.15) is 5.82 Å². The second-order valence-electron chi connectivity index (χ2n) is 5.02. The third kappa shape index (κ3) is 1.93. The van der Waals surface area contributed by atoms with Crippen molar-refractivity contribution < 1.29 is 9.18 Å². The highest BCUT2D eigenvalue weighted by molar-refractivity contribution is 6.10. The Bertz CT molecular complexity index is 697. The predicted octanol–water partition coefficient (Wildman–Crippen LogP) is 2.92. The SMILES string of the molecule is Cc1cccc(C(=O)N2CCc3ccc(F)cc32)c1N. The summed E-state index contributed by atoms with van der Waals surface area (Å²) in [6.07, 6.45) is 0.743. The number of para-hydroxylation sites is 1. The molecule has 1 heterocycles. The number of fused-ring (bicyclic) bond motifs is 1. The van der Waals surface area contributed by atoms with Crippen molar-refractivity contribution in [3.8, 4) is 0 Å². The zero-order valence-electron chi connectivity index (χ0n) is 11.2. The molecular formula is C16H15FN2O. The molecule has 0 saturated carbocycles. The zero-order valence-corrected chi connectivity index (χ0v) is 11.2. The average Bonchev–Trinajstić information content (AvgIpc) is 2.84. The van der Waals surface area contributed by atoms with Gasteiger partial charge in [-0.1, -0.05) is 18.2 Å². The highest BCUT2D eigenvalue weighted by atomic mass is 19.1. The second-order valence-corrected chi connectivity index (χ2v) is 5.02. The van der Waals surface area contributed by atoms with Crippen LogP contribution in [0.5, 0.6) is 0 Å². The van der Waals surface area contributed by atoms with Crippen LogP contribution in [0.25, 0.3) is 0 Å². The number of carbonyl (C=O) groups excluding carboxylic acids is 1. The molecule has 3 rings (SSSR count). The van der Waals surface area contributed by atoms with E-state index in [0.29, 0.717) is 23.5 Å². The van der Waals surface area contributed by atoms with Gasteiger partial charge in [0.05, 0.1) is 11.3 Å². The normalized spacial score (nSPS) is 13.4. The van der Waals surface area contributed by atoms with Gasteiger partial charge in [-0.25, -0.2) is 4.39 Å². The summed E-state index contributed by atoms with van der Waals surface area (Å²) in [6.45, 7) is 2.43. The maximum atomic E-state index is 13.4. The molecule has 1 aliphatic heterocycles. The standard InChI is InChI=1S/C16H15FN2O/c1-10-3-2-4-13(15(10)18)16(20)19-8-7-11-5-6-12(17)9-14(11)19/h2-6,9H,7-8,18H2,1H3. The molecule has 2 aromatic rings. The lowest BCUT2D eigenvalue weighted by Crippen LogP contribution is -2.29. The second kappa shape index (κ2) is 4.63. The Hall–Kier alpha value is -2.36. The van der Waals surface area contributed by atoms with E-state index in [4.69, 9.17) is 5.73 Å². The molecule has 0 radical (unpaired) electrons. The summed E-state index contributed by atoms with van der Waals surface area (Å²) in [7, 11) is 0. The maximum absolute atomic E-state index is 13.4. The van der Waals surface area contributed by atoms with Crippen LogP contribution in [0.3, 0.4) is 0 Å². The molecule has 1 aliphatic rings. The first kappa shape index (κ1) is 12.7. The molecule has 0 spiro atoms. The van der Waals surface area contributed by atoms with Crippen molar-refractivity contribution in [3.05, 3.63) is 58.9 Å². The van der Waals surface area contributed by atoms with E-state index in [-0.39, 0.29) is 11.7 Å². The van der Waals surface area contributed by atoms with Crippen molar-refractivity contribution in [3.63, 3.8) is 0 Å². The molecule has 4 heteroatoms. The number of nitrogen functional groups attached to an aromatic ring is 1. The zero-order chi connectivity index (χ0) is 14.3. The van der Waals surface area contributed by atoms with Crippen molar-refractivity contribution in [1.29, 1.82) is 0 Å². The number of anilines is 2. The van der Waals surface area contributed by atoms with Crippen LogP contribution in [-0.2, 0) is 6.42 Å². The highest BCUT2D eigenvalue weighted by Crippen LogP contribution is 2.31. The van der Waals surface area contributed by atoms with Crippen LogP contribution >= 0.6 is 0 Å². The van der Waals surface area contributed by atoms with Gasteiger partial charge in [-0.2, -0.15) is 0 Å². The van der Waals surface area contributed by atoms with Gasteiger partial charge < -0.3 is 10.6 Å². The largest absolute Gasteiger partial charge is 0.398 e. The predicted molar refractivity (Wildman–Crippen MR) is 77.4 cm³/mol. The molecule has 2 aromatic carbocycles. The lowest BCUT2D eigenvalue weighted by molar-refractivity contribution is 0.0990. The number of nitrogens with two attached hydrogens (primary N) is 1. The first-order valence-corrected chi connectivity index (χ1v) is 6.53. The van der Waals surface area contributed by atoms with E-state index in [0.717, 1.165) is 17.5 Å². The van der Waals surface area contributed by atoms with E-state index in [1.54, 1.807) is 17.0 Å². The van der Waals surface area contributed by atoms with Gasteiger partial charge in [-0.05, 0) is 42.7 Å². The Labute approximate surface area is 116 Å². The van der Waals surface area contributed by atoms with Crippen molar-refractivity contribution in [1.82, 2.24) is 0 Å². The summed E-state index contributed by atoms with van der Waals surface area (Å²) in [6, 6.07) is 9.95. The van der Waals surface area contributed by atoms with Crippen LogP contribution in [0.1, 0.15) is 21.5 Å².